The lowest BCUT2D eigenvalue weighted by Crippen LogP contribution is -2.42. The molecule has 6 atom stereocenters. The van der Waals surface area contributed by atoms with Crippen LogP contribution in [0.4, 0.5) is 0 Å². The summed E-state index contributed by atoms with van der Waals surface area (Å²) in [6, 6.07) is 46.7. The second-order valence-electron chi connectivity index (χ2n) is 12.1. The van der Waals surface area contributed by atoms with Crippen molar-refractivity contribution >= 4 is 48.8 Å². The summed E-state index contributed by atoms with van der Waals surface area (Å²) in [4.78, 5) is 16.1. The average Bonchev–Trinajstić information content (AvgIpc) is 3.75. The summed E-state index contributed by atoms with van der Waals surface area (Å²) in [5, 5.41) is 0. The fraction of sp³-hybridized carbons (Fsp3) is 0.154. The minimum atomic E-state index is -0.898. The largest absolute Gasteiger partial charge is 0.365 e. The summed E-state index contributed by atoms with van der Waals surface area (Å²) >= 11 is 7.52. The maximum atomic E-state index is 16.1. The Balaban J connectivity index is 1.49. The Hall–Kier alpha value is -3.57. The van der Waals surface area contributed by atoms with Crippen LogP contribution in [-0.2, 0) is 20.4 Å². The highest BCUT2D eigenvalue weighted by Gasteiger charge is 2.82. The number of ether oxygens (including phenoxy) is 1. The zero-order valence-corrected chi connectivity index (χ0v) is 26.3. The molecule has 208 valence electrons. The van der Waals surface area contributed by atoms with E-state index in [1.165, 1.54) is 11.1 Å². The maximum absolute atomic E-state index is 16.1. The molecule has 2 aliphatic carbocycles. The number of carbonyl (C=O) groups is 1. The number of Topliss-reactive ketones (excluding diaryl/α,β-unsaturated/α-hetero) is 1. The van der Waals surface area contributed by atoms with Crippen LogP contribution in [0.3, 0.4) is 0 Å². The van der Waals surface area contributed by atoms with Crippen molar-refractivity contribution in [2.75, 3.05) is 0 Å². The van der Waals surface area contributed by atoms with Gasteiger partial charge in [-0.1, -0.05) is 121 Å². The van der Waals surface area contributed by atoms with Crippen molar-refractivity contribution in [2.45, 2.75) is 23.0 Å². The predicted octanol–water partition coefficient (Wildman–Crippen LogP) is 9.65. The Morgan fingerprint density at radius 3 is 1.23 bits per heavy atom. The van der Waals surface area contributed by atoms with Crippen LogP contribution in [0, 0.1) is 11.8 Å². The molecule has 0 unspecified atom stereocenters. The van der Waals surface area contributed by atoms with Crippen molar-refractivity contribution in [3.63, 3.8) is 0 Å². The van der Waals surface area contributed by atoms with Gasteiger partial charge in [0.1, 0.15) is 0 Å². The molecule has 2 fully saturated rings. The Labute approximate surface area is 267 Å². The lowest BCUT2D eigenvalue weighted by atomic mass is 9.54. The number of halogens is 2. The first kappa shape index (κ1) is 25.9. The van der Waals surface area contributed by atoms with Crippen LogP contribution in [0.15, 0.2) is 142 Å². The molecule has 5 aromatic rings. The smallest absolute Gasteiger partial charge is 0.163 e. The quantitative estimate of drug-likeness (QED) is 0.188. The van der Waals surface area contributed by atoms with Gasteiger partial charge in [-0.05, 0) is 88.5 Å². The third kappa shape index (κ3) is 3.09. The lowest BCUT2D eigenvalue weighted by molar-refractivity contribution is -0.125. The molecule has 0 aromatic heterocycles. The van der Waals surface area contributed by atoms with E-state index in [2.05, 4.69) is 153 Å². The number of rotatable bonds is 4. The summed E-state index contributed by atoms with van der Waals surface area (Å²) in [6.45, 7) is 0. The monoisotopic (exact) mass is 684 g/mol. The number of hydrogen-bond donors (Lipinski definition) is 0. The molecule has 1 saturated carbocycles. The number of ketones is 1. The van der Waals surface area contributed by atoms with Gasteiger partial charge >= 0.3 is 0 Å². The van der Waals surface area contributed by atoms with Gasteiger partial charge in [0, 0.05) is 20.8 Å². The zero-order valence-electron chi connectivity index (χ0n) is 23.1. The molecule has 4 heteroatoms. The molecule has 4 aliphatic rings. The van der Waals surface area contributed by atoms with E-state index < -0.39 is 10.8 Å². The molecule has 9 rings (SSSR count). The van der Waals surface area contributed by atoms with Gasteiger partial charge in [0.25, 0.3) is 0 Å². The molecule has 5 aromatic carbocycles. The van der Waals surface area contributed by atoms with E-state index in [0.717, 1.165) is 42.3 Å². The van der Waals surface area contributed by atoms with Gasteiger partial charge in [-0.15, -0.1) is 0 Å². The lowest BCUT2D eigenvalue weighted by Gasteiger charge is -2.45. The molecule has 2 heterocycles. The van der Waals surface area contributed by atoms with Crippen LogP contribution in [0.2, 0.25) is 0 Å². The Morgan fingerprint density at radius 2 is 0.860 bits per heavy atom. The summed E-state index contributed by atoms with van der Waals surface area (Å²) in [5.74, 6) is 0.126. The van der Waals surface area contributed by atoms with Crippen LogP contribution in [0.25, 0.3) is 11.1 Å². The highest BCUT2D eigenvalue weighted by molar-refractivity contribution is 9.13. The van der Waals surface area contributed by atoms with E-state index in [9.17, 15) is 0 Å². The van der Waals surface area contributed by atoms with Crippen LogP contribution in [0.1, 0.15) is 45.6 Å². The molecular formula is C39H26Br2O2. The van der Waals surface area contributed by atoms with Crippen LogP contribution >= 0.6 is 31.9 Å². The number of benzene rings is 5. The summed E-state index contributed by atoms with van der Waals surface area (Å²) in [6.07, 6.45) is -0.416. The van der Waals surface area contributed by atoms with Crippen molar-refractivity contribution in [3.05, 3.63) is 176 Å². The standard InChI is InChI=1S/C39H26Br2O2/c40-29-21-27-28(22-30(29)41)36-34-33(35(27)43-36)38(25-17-9-3-10-18-25)31(23-13-5-1-6-14-23)32(24-15-7-2-8-16-24)39(34,37(38)42)26-19-11-4-12-20-26/h1-22,33-36H/t33-,34-,35-,36-,38-,39-/m0/s1. The number of fused-ring (bicyclic) bond motifs is 12. The molecule has 1 saturated heterocycles. The van der Waals surface area contributed by atoms with Gasteiger partial charge in [-0.3, -0.25) is 4.79 Å². The van der Waals surface area contributed by atoms with Gasteiger partial charge in [0.15, 0.2) is 5.78 Å². The summed E-state index contributed by atoms with van der Waals surface area (Å²) in [5.41, 5.74) is 7.10. The van der Waals surface area contributed by atoms with E-state index in [0.29, 0.717) is 0 Å². The van der Waals surface area contributed by atoms with E-state index in [-0.39, 0.29) is 29.8 Å². The molecule has 43 heavy (non-hydrogen) atoms. The van der Waals surface area contributed by atoms with Gasteiger partial charge < -0.3 is 4.74 Å². The van der Waals surface area contributed by atoms with Crippen molar-refractivity contribution in [2.24, 2.45) is 11.8 Å². The van der Waals surface area contributed by atoms with Gasteiger partial charge in [-0.25, -0.2) is 0 Å². The first-order valence-corrected chi connectivity index (χ1v) is 16.3. The van der Waals surface area contributed by atoms with Crippen molar-refractivity contribution in [3.8, 4) is 0 Å². The first-order chi connectivity index (χ1) is 21.1. The average molecular weight is 686 g/mol. The summed E-state index contributed by atoms with van der Waals surface area (Å²) in [7, 11) is 0. The Kier molecular flexibility index (Phi) is 5.55. The second-order valence-corrected chi connectivity index (χ2v) is 13.8. The fourth-order valence-electron chi connectivity index (χ4n) is 9.16. The number of allylic oxidation sites excluding steroid dienone is 2. The fourth-order valence-corrected chi connectivity index (χ4v) is 9.88. The molecule has 0 spiro atoms. The summed E-state index contributed by atoms with van der Waals surface area (Å²) < 4.78 is 9.10. The van der Waals surface area contributed by atoms with Gasteiger partial charge in [-0.2, -0.15) is 0 Å². The van der Waals surface area contributed by atoms with E-state index in [1.807, 2.05) is 12.1 Å². The third-order valence-corrected chi connectivity index (χ3v) is 12.3. The first-order valence-electron chi connectivity index (χ1n) is 14.8. The Bertz CT molecular complexity index is 1810. The topological polar surface area (TPSA) is 26.3 Å². The van der Waals surface area contributed by atoms with Crippen molar-refractivity contribution in [1.82, 2.24) is 0 Å². The highest BCUT2D eigenvalue weighted by Crippen LogP contribution is 2.81. The minimum absolute atomic E-state index is 0.0733. The molecule has 4 bridgehead atoms. The van der Waals surface area contributed by atoms with Crippen LogP contribution < -0.4 is 0 Å². The Morgan fingerprint density at radius 1 is 0.512 bits per heavy atom. The van der Waals surface area contributed by atoms with Crippen LogP contribution in [0.5, 0.6) is 0 Å². The minimum Gasteiger partial charge on any atom is -0.365 e. The highest BCUT2D eigenvalue weighted by atomic mass is 79.9. The molecule has 0 amide bonds. The predicted molar refractivity (Wildman–Crippen MR) is 176 cm³/mol. The van der Waals surface area contributed by atoms with E-state index >= 15 is 4.79 Å². The van der Waals surface area contributed by atoms with Gasteiger partial charge in [0.05, 0.1) is 23.0 Å². The third-order valence-electron chi connectivity index (χ3n) is 10.4. The molecule has 0 N–H and O–H groups in total. The molecular weight excluding hydrogens is 660 g/mol. The van der Waals surface area contributed by atoms with Crippen molar-refractivity contribution in [1.29, 1.82) is 0 Å². The molecule has 2 aliphatic heterocycles. The second kappa shape index (κ2) is 9.22. The SMILES string of the molecule is O=C1[C@@]2(c3ccccc3)C(c3ccccc3)=C(c3ccccc3)[C@@]1(c1ccccc1)[C@H]1[C@H]2[C@H]2O[C@H]1c1cc(Br)c(Br)cc12. The van der Waals surface area contributed by atoms with E-state index in [1.54, 1.807) is 0 Å². The zero-order chi connectivity index (χ0) is 28.9. The molecule has 0 radical (unpaired) electrons. The number of hydrogen-bond acceptors (Lipinski definition) is 2. The number of carbonyl (C=O) groups excluding carboxylic acids is 1. The molecule has 2 nitrogen and oxygen atoms in total. The normalized spacial score (nSPS) is 29.7. The maximum Gasteiger partial charge on any atom is 0.163 e. The van der Waals surface area contributed by atoms with Gasteiger partial charge in [0.2, 0.25) is 0 Å². The van der Waals surface area contributed by atoms with Crippen LogP contribution in [-0.4, -0.2) is 5.78 Å². The van der Waals surface area contributed by atoms with Crippen molar-refractivity contribution < 1.29 is 9.53 Å². The van der Waals surface area contributed by atoms with E-state index in [4.69, 9.17) is 4.74 Å².